The molecule has 0 bridgehead atoms. The van der Waals surface area contributed by atoms with Gasteiger partial charge in [0.25, 0.3) is 0 Å². The molecule has 0 aliphatic carbocycles. The van der Waals surface area contributed by atoms with Crippen LogP contribution in [-0.2, 0) is 13.0 Å². The highest BCUT2D eigenvalue weighted by Crippen LogP contribution is 2.18. The summed E-state index contributed by atoms with van der Waals surface area (Å²) in [5.41, 5.74) is 1.30. The molecule has 1 aromatic heterocycles. The molecule has 1 heterocycles. The van der Waals surface area contributed by atoms with Crippen LogP contribution in [0.1, 0.15) is 29.9 Å². The number of carbonyl (C=O) groups excluding carboxylic acids is 1. The van der Waals surface area contributed by atoms with Crippen LogP contribution in [0.4, 0.5) is 0 Å². The second-order valence-corrected chi connectivity index (χ2v) is 2.80. The molecule has 3 nitrogen and oxygen atoms in total. The van der Waals surface area contributed by atoms with E-state index in [1.807, 2.05) is 13.8 Å². The van der Waals surface area contributed by atoms with Crippen LogP contribution < -0.4 is 0 Å². The number of aromatic nitrogens is 2. The van der Waals surface area contributed by atoms with Gasteiger partial charge >= 0.3 is 0 Å². The third-order valence-corrected chi connectivity index (χ3v) is 2.15. The lowest BCUT2D eigenvalue weighted by Gasteiger charge is -1.94. The molecule has 0 unspecified atom stereocenters. The van der Waals surface area contributed by atoms with Crippen molar-refractivity contribution in [2.24, 2.45) is 0 Å². The number of aryl methyl sites for hydroxylation is 2. The van der Waals surface area contributed by atoms with E-state index in [2.05, 4.69) is 5.10 Å². The number of rotatable bonds is 3. The topological polar surface area (TPSA) is 34.9 Å². The van der Waals surface area contributed by atoms with Crippen molar-refractivity contribution >= 4 is 17.9 Å². The molecule has 0 radical (unpaired) electrons. The SMILES string of the molecule is CCc1nn(CC)c(Cl)c1C=O. The summed E-state index contributed by atoms with van der Waals surface area (Å²) in [4.78, 5) is 10.6. The minimum absolute atomic E-state index is 0.448. The highest BCUT2D eigenvalue weighted by molar-refractivity contribution is 6.32. The second kappa shape index (κ2) is 3.72. The predicted octanol–water partition coefficient (Wildman–Crippen LogP) is 1.93. The van der Waals surface area contributed by atoms with Crippen LogP contribution in [0.15, 0.2) is 0 Å². The van der Waals surface area contributed by atoms with Crippen molar-refractivity contribution in [1.29, 1.82) is 0 Å². The smallest absolute Gasteiger partial charge is 0.155 e. The van der Waals surface area contributed by atoms with E-state index in [1.54, 1.807) is 4.68 Å². The Morgan fingerprint density at radius 3 is 2.58 bits per heavy atom. The summed E-state index contributed by atoms with van der Waals surface area (Å²) in [5.74, 6) is 0. The van der Waals surface area contributed by atoms with Gasteiger partial charge in [-0.3, -0.25) is 9.48 Å². The Kier molecular flexibility index (Phi) is 2.87. The van der Waals surface area contributed by atoms with Crippen LogP contribution in [0.2, 0.25) is 5.15 Å². The molecular formula is C8H11ClN2O. The van der Waals surface area contributed by atoms with Crippen LogP contribution in [0, 0.1) is 0 Å². The zero-order valence-electron chi connectivity index (χ0n) is 7.17. The second-order valence-electron chi connectivity index (χ2n) is 2.44. The fraction of sp³-hybridized carbons (Fsp3) is 0.500. The van der Waals surface area contributed by atoms with Gasteiger partial charge in [0, 0.05) is 6.54 Å². The molecule has 0 amide bonds. The highest BCUT2D eigenvalue weighted by Gasteiger charge is 2.12. The molecule has 0 fully saturated rings. The third-order valence-electron chi connectivity index (χ3n) is 1.75. The van der Waals surface area contributed by atoms with Gasteiger partial charge in [-0.05, 0) is 13.3 Å². The molecule has 0 spiro atoms. The van der Waals surface area contributed by atoms with E-state index in [1.165, 1.54) is 0 Å². The Morgan fingerprint density at radius 1 is 1.58 bits per heavy atom. The lowest BCUT2D eigenvalue weighted by atomic mass is 10.2. The van der Waals surface area contributed by atoms with Gasteiger partial charge in [0.15, 0.2) is 6.29 Å². The predicted molar refractivity (Wildman–Crippen MR) is 47.7 cm³/mol. The summed E-state index contributed by atoms with van der Waals surface area (Å²) in [6, 6.07) is 0. The zero-order chi connectivity index (χ0) is 9.14. The van der Waals surface area contributed by atoms with E-state index in [4.69, 9.17) is 11.6 Å². The van der Waals surface area contributed by atoms with Crippen LogP contribution in [0.5, 0.6) is 0 Å². The average molecular weight is 187 g/mol. The van der Waals surface area contributed by atoms with Gasteiger partial charge in [0.2, 0.25) is 0 Å². The normalized spacial score (nSPS) is 10.2. The molecular weight excluding hydrogens is 176 g/mol. The van der Waals surface area contributed by atoms with Gasteiger partial charge in [-0.15, -0.1) is 0 Å². The van der Waals surface area contributed by atoms with Gasteiger partial charge in [-0.1, -0.05) is 18.5 Å². The first-order chi connectivity index (χ1) is 5.74. The highest BCUT2D eigenvalue weighted by atomic mass is 35.5. The summed E-state index contributed by atoms with van der Waals surface area (Å²) in [7, 11) is 0. The van der Waals surface area contributed by atoms with Crippen molar-refractivity contribution in [3.05, 3.63) is 16.4 Å². The number of aldehydes is 1. The number of hydrogen-bond acceptors (Lipinski definition) is 2. The van der Waals surface area contributed by atoms with E-state index >= 15 is 0 Å². The standard InChI is InChI=1S/C8H11ClN2O/c1-3-7-6(5-12)8(9)11(4-2)10-7/h5H,3-4H2,1-2H3. The number of halogens is 1. The maximum absolute atomic E-state index is 10.6. The van der Waals surface area contributed by atoms with Gasteiger partial charge in [0.05, 0.1) is 11.3 Å². The van der Waals surface area contributed by atoms with Crippen LogP contribution in [-0.4, -0.2) is 16.1 Å². The number of hydrogen-bond donors (Lipinski definition) is 0. The lowest BCUT2D eigenvalue weighted by Crippen LogP contribution is -1.96. The van der Waals surface area contributed by atoms with Crippen molar-refractivity contribution in [2.75, 3.05) is 0 Å². The van der Waals surface area contributed by atoms with E-state index in [0.29, 0.717) is 17.3 Å². The monoisotopic (exact) mass is 186 g/mol. The third kappa shape index (κ3) is 1.37. The van der Waals surface area contributed by atoms with Crippen molar-refractivity contribution in [1.82, 2.24) is 9.78 Å². The molecule has 1 rings (SSSR count). The van der Waals surface area contributed by atoms with Crippen LogP contribution >= 0.6 is 11.6 Å². The number of nitrogens with zero attached hydrogens (tertiary/aromatic N) is 2. The lowest BCUT2D eigenvalue weighted by molar-refractivity contribution is 0.112. The minimum Gasteiger partial charge on any atom is -0.298 e. The van der Waals surface area contributed by atoms with Crippen molar-refractivity contribution < 1.29 is 4.79 Å². The van der Waals surface area contributed by atoms with Crippen molar-refractivity contribution in [2.45, 2.75) is 26.8 Å². The molecule has 66 valence electrons. The average Bonchev–Trinajstić information content (AvgIpc) is 2.41. The van der Waals surface area contributed by atoms with Gasteiger partial charge in [0.1, 0.15) is 5.15 Å². The molecule has 12 heavy (non-hydrogen) atoms. The Labute approximate surface area is 76.3 Å². The van der Waals surface area contributed by atoms with E-state index in [0.717, 1.165) is 18.4 Å². The van der Waals surface area contributed by atoms with Gasteiger partial charge in [-0.2, -0.15) is 5.10 Å². The fourth-order valence-electron chi connectivity index (χ4n) is 1.09. The minimum atomic E-state index is 0.448. The van der Waals surface area contributed by atoms with E-state index < -0.39 is 0 Å². The van der Waals surface area contributed by atoms with Gasteiger partial charge < -0.3 is 0 Å². The largest absolute Gasteiger partial charge is 0.298 e. The molecule has 0 saturated carbocycles. The molecule has 1 aromatic rings. The summed E-state index contributed by atoms with van der Waals surface area (Å²) in [6.45, 7) is 4.58. The Balaban J connectivity index is 3.22. The van der Waals surface area contributed by atoms with E-state index in [-0.39, 0.29) is 0 Å². The maximum Gasteiger partial charge on any atom is 0.155 e. The molecule has 0 atom stereocenters. The molecule has 0 N–H and O–H groups in total. The molecule has 0 aliphatic heterocycles. The van der Waals surface area contributed by atoms with Crippen LogP contribution in [0.3, 0.4) is 0 Å². The summed E-state index contributed by atoms with van der Waals surface area (Å²) in [6.07, 6.45) is 1.50. The Hall–Kier alpha value is -0.830. The number of carbonyl (C=O) groups is 1. The van der Waals surface area contributed by atoms with Crippen molar-refractivity contribution in [3.8, 4) is 0 Å². The first-order valence-electron chi connectivity index (χ1n) is 3.94. The fourth-order valence-corrected chi connectivity index (χ4v) is 1.40. The van der Waals surface area contributed by atoms with Crippen LogP contribution in [0.25, 0.3) is 0 Å². The molecule has 0 aliphatic rings. The first-order valence-corrected chi connectivity index (χ1v) is 4.32. The maximum atomic E-state index is 10.6. The first kappa shape index (κ1) is 9.26. The summed E-state index contributed by atoms with van der Waals surface area (Å²) in [5, 5.41) is 4.62. The quantitative estimate of drug-likeness (QED) is 0.677. The Morgan fingerprint density at radius 2 is 2.25 bits per heavy atom. The molecule has 0 saturated heterocycles. The Bertz CT molecular complexity index is 293. The summed E-state index contributed by atoms with van der Waals surface area (Å²) < 4.78 is 1.63. The van der Waals surface area contributed by atoms with E-state index in [9.17, 15) is 4.79 Å². The van der Waals surface area contributed by atoms with Crippen molar-refractivity contribution in [3.63, 3.8) is 0 Å². The molecule has 4 heteroatoms. The van der Waals surface area contributed by atoms with Gasteiger partial charge in [-0.25, -0.2) is 0 Å². The zero-order valence-corrected chi connectivity index (χ0v) is 7.93. The summed E-state index contributed by atoms with van der Waals surface area (Å²) >= 11 is 5.88. The molecule has 0 aromatic carbocycles.